The number of carbonyl (C=O) groups is 1. The monoisotopic (exact) mass is 243 g/mol. The van der Waals surface area contributed by atoms with E-state index >= 15 is 0 Å². The van der Waals surface area contributed by atoms with Gasteiger partial charge in [0.1, 0.15) is 0 Å². The number of nitrogens with one attached hydrogen (secondary N) is 1. The lowest BCUT2D eigenvalue weighted by molar-refractivity contribution is -0.132. The minimum absolute atomic E-state index is 0.233. The SMILES string of the molecule is CN(CCCCCO)CC(=O)N1CCNCC1. The fourth-order valence-electron chi connectivity index (χ4n) is 1.99. The van der Waals surface area contributed by atoms with Crippen molar-refractivity contribution in [1.29, 1.82) is 0 Å². The molecule has 0 spiro atoms. The molecule has 0 radical (unpaired) electrons. The van der Waals surface area contributed by atoms with Crippen LogP contribution in [0.4, 0.5) is 0 Å². The van der Waals surface area contributed by atoms with Crippen LogP contribution in [0.2, 0.25) is 0 Å². The fourth-order valence-corrected chi connectivity index (χ4v) is 1.99. The number of unbranched alkanes of at least 4 members (excludes halogenated alkanes) is 2. The summed E-state index contributed by atoms with van der Waals surface area (Å²) in [5.74, 6) is 0.233. The van der Waals surface area contributed by atoms with E-state index in [4.69, 9.17) is 5.11 Å². The van der Waals surface area contributed by atoms with E-state index < -0.39 is 0 Å². The highest BCUT2D eigenvalue weighted by Gasteiger charge is 2.17. The van der Waals surface area contributed by atoms with Crippen molar-refractivity contribution < 1.29 is 9.90 Å². The number of piperazine rings is 1. The predicted molar refractivity (Wildman–Crippen MR) is 67.9 cm³/mol. The van der Waals surface area contributed by atoms with Crippen molar-refractivity contribution in [2.45, 2.75) is 19.3 Å². The van der Waals surface area contributed by atoms with E-state index in [2.05, 4.69) is 10.2 Å². The van der Waals surface area contributed by atoms with Gasteiger partial charge >= 0.3 is 0 Å². The van der Waals surface area contributed by atoms with Gasteiger partial charge in [-0.1, -0.05) is 0 Å². The third-order valence-corrected chi connectivity index (χ3v) is 3.07. The lowest BCUT2D eigenvalue weighted by Gasteiger charge is -2.29. The number of likely N-dealkylation sites (N-methyl/N-ethyl adjacent to an activating group) is 1. The first-order chi connectivity index (χ1) is 8.24. The van der Waals surface area contributed by atoms with Crippen LogP contribution in [0.25, 0.3) is 0 Å². The molecule has 0 unspecified atom stereocenters. The number of hydrogen-bond donors (Lipinski definition) is 2. The molecule has 2 N–H and O–H groups in total. The van der Waals surface area contributed by atoms with E-state index in [1.807, 2.05) is 11.9 Å². The number of amides is 1. The third-order valence-electron chi connectivity index (χ3n) is 3.07. The van der Waals surface area contributed by atoms with E-state index in [1.165, 1.54) is 0 Å². The van der Waals surface area contributed by atoms with Gasteiger partial charge in [-0.25, -0.2) is 0 Å². The highest BCUT2D eigenvalue weighted by molar-refractivity contribution is 5.78. The molecule has 0 aromatic rings. The molecule has 1 aliphatic rings. The minimum Gasteiger partial charge on any atom is -0.396 e. The number of nitrogens with zero attached hydrogens (tertiary/aromatic N) is 2. The van der Waals surface area contributed by atoms with Gasteiger partial charge in [-0.2, -0.15) is 0 Å². The van der Waals surface area contributed by atoms with Crippen molar-refractivity contribution in [3.05, 3.63) is 0 Å². The normalized spacial score (nSPS) is 16.5. The van der Waals surface area contributed by atoms with Crippen molar-refractivity contribution in [3.8, 4) is 0 Å². The number of rotatable bonds is 7. The Kier molecular flexibility index (Phi) is 7.16. The van der Waals surface area contributed by atoms with Gasteiger partial charge in [0, 0.05) is 32.8 Å². The second kappa shape index (κ2) is 8.44. The first-order valence-electron chi connectivity index (χ1n) is 6.52. The first-order valence-corrected chi connectivity index (χ1v) is 6.52. The van der Waals surface area contributed by atoms with Gasteiger partial charge in [-0.15, -0.1) is 0 Å². The van der Waals surface area contributed by atoms with Crippen LogP contribution in [0, 0.1) is 0 Å². The molecular formula is C12H25N3O2. The Morgan fingerprint density at radius 2 is 2.00 bits per heavy atom. The van der Waals surface area contributed by atoms with Crippen LogP contribution < -0.4 is 5.32 Å². The number of aliphatic hydroxyl groups is 1. The van der Waals surface area contributed by atoms with Crippen LogP contribution in [-0.2, 0) is 4.79 Å². The fraction of sp³-hybridized carbons (Fsp3) is 0.917. The predicted octanol–water partition coefficient (Wildman–Crippen LogP) is -0.487. The Balaban J connectivity index is 2.11. The summed E-state index contributed by atoms with van der Waals surface area (Å²) in [6.07, 6.45) is 2.94. The van der Waals surface area contributed by atoms with Crippen molar-refractivity contribution >= 4 is 5.91 Å². The largest absolute Gasteiger partial charge is 0.396 e. The smallest absolute Gasteiger partial charge is 0.236 e. The van der Waals surface area contributed by atoms with Gasteiger partial charge in [0.2, 0.25) is 5.91 Å². The molecule has 0 aromatic carbocycles. The maximum Gasteiger partial charge on any atom is 0.236 e. The Morgan fingerprint density at radius 1 is 1.29 bits per heavy atom. The molecule has 5 heteroatoms. The first kappa shape index (κ1) is 14.4. The number of hydrogen-bond acceptors (Lipinski definition) is 4. The van der Waals surface area contributed by atoms with Crippen molar-refractivity contribution in [1.82, 2.24) is 15.1 Å². The van der Waals surface area contributed by atoms with Crippen LogP contribution in [0.15, 0.2) is 0 Å². The molecule has 0 bridgehead atoms. The average Bonchev–Trinajstić information content (AvgIpc) is 2.36. The second-order valence-electron chi connectivity index (χ2n) is 4.65. The van der Waals surface area contributed by atoms with Crippen LogP contribution in [0.1, 0.15) is 19.3 Å². The summed E-state index contributed by atoms with van der Waals surface area (Å²) < 4.78 is 0. The molecule has 0 atom stereocenters. The summed E-state index contributed by atoms with van der Waals surface area (Å²) in [7, 11) is 1.99. The molecule has 100 valence electrons. The summed E-state index contributed by atoms with van der Waals surface area (Å²) in [6, 6.07) is 0. The zero-order valence-corrected chi connectivity index (χ0v) is 10.8. The molecule has 1 saturated heterocycles. The average molecular weight is 243 g/mol. The molecular weight excluding hydrogens is 218 g/mol. The van der Waals surface area contributed by atoms with Crippen LogP contribution in [0.5, 0.6) is 0 Å². The van der Waals surface area contributed by atoms with Gasteiger partial charge in [-0.3, -0.25) is 9.69 Å². The highest BCUT2D eigenvalue weighted by atomic mass is 16.2. The number of carbonyl (C=O) groups excluding carboxylic acids is 1. The zero-order chi connectivity index (χ0) is 12.5. The molecule has 1 aliphatic heterocycles. The Bertz CT molecular complexity index is 218. The third kappa shape index (κ3) is 6.00. The zero-order valence-electron chi connectivity index (χ0n) is 10.8. The maximum absolute atomic E-state index is 11.9. The lowest BCUT2D eigenvalue weighted by atomic mass is 10.2. The molecule has 1 amide bonds. The minimum atomic E-state index is 0.233. The summed E-state index contributed by atoms with van der Waals surface area (Å²) in [4.78, 5) is 15.9. The van der Waals surface area contributed by atoms with Crippen LogP contribution in [-0.4, -0.2) is 73.7 Å². The summed E-state index contributed by atoms with van der Waals surface area (Å²) in [6.45, 7) is 5.19. The maximum atomic E-state index is 11.9. The molecule has 1 rings (SSSR count). The molecule has 5 nitrogen and oxygen atoms in total. The number of aliphatic hydroxyl groups excluding tert-OH is 1. The van der Waals surface area contributed by atoms with Crippen molar-refractivity contribution in [2.75, 3.05) is 52.9 Å². The summed E-state index contributed by atoms with van der Waals surface area (Å²) in [5, 5.41) is 11.9. The summed E-state index contributed by atoms with van der Waals surface area (Å²) >= 11 is 0. The standard InChI is InChI=1S/C12H25N3O2/c1-14(7-3-2-4-10-16)11-12(17)15-8-5-13-6-9-15/h13,16H,2-11H2,1H3. The van der Waals surface area contributed by atoms with Gasteiger partial charge < -0.3 is 15.3 Å². The molecule has 1 heterocycles. The Labute approximate surface area is 104 Å². The van der Waals surface area contributed by atoms with E-state index in [0.717, 1.165) is 52.0 Å². The lowest BCUT2D eigenvalue weighted by Crippen LogP contribution is -2.49. The highest BCUT2D eigenvalue weighted by Crippen LogP contribution is 1.99. The topological polar surface area (TPSA) is 55.8 Å². The molecule has 1 fully saturated rings. The van der Waals surface area contributed by atoms with E-state index in [1.54, 1.807) is 0 Å². The van der Waals surface area contributed by atoms with Crippen LogP contribution >= 0.6 is 0 Å². The molecule has 0 aromatic heterocycles. The van der Waals surface area contributed by atoms with Gasteiger partial charge in [-0.05, 0) is 32.9 Å². The summed E-state index contributed by atoms with van der Waals surface area (Å²) in [5.41, 5.74) is 0. The molecule has 0 aliphatic carbocycles. The Morgan fingerprint density at radius 3 is 2.65 bits per heavy atom. The van der Waals surface area contributed by atoms with E-state index in [0.29, 0.717) is 6.54 Å². The van der Waals surface area contributed by atoms with Crippen molar-refractivity contribution in [2.24, 2.45) is 0 Å². The van der Waals surface area contributed by atoms with E-state index in [-0.39, 0.29) is 12.5 Å². The second-order valence-corrected chi connectivity index (χ2v) is 4.65. The quantitative estimate of drug-likeness (QED) is 0.593. The molecule has 17 heavy (non-hydrogen) atoms. The van der Waals surface area contributed by atoms with Crippen LogP contribution in [0.3, 0.4) is 0 Å². The van der Waals surface area contributed by atoms with E-state index in [9.17, 15) is 4.79 Å². The van der Waals surface area contributed by atoms with Gasteiger partial charge in [0.05, 0.1) is 6.54 Å². The van der Waals surface area contributed by atoms with Gasteiger partial charge in [0.15, 0.2) is 0 Å². The van der Waals surface area contributed by atoms with Gasteiger partial charge in [0.25, 0.3) is 0 Å². The molecule has 0 saturated carbocycles. The van der Waals surface area contributed by atoms with Crippen molar-refractivity contribution in [3.63, 3.8) is 0 Å². The Hall–Kier alpha value is -0.650.